The monoisotopic (exact) mass is 250 g/mol. The average Bonchev–Trinajstić information content (AvgIpc) is 3.16. The van der Waals surface area contributed by atoms with Gasteiger partial charge in [-0.15, -0.1) is 0 Å². The second kappa shape index (κ2) is 5.35. The van der Waals surface area contributed by atoms with Crippen molar-refractivity contribution in [1.82, 2.24) is 9.35 Å². The fourth-order valence-corrected chi connectivity index (χ4v) is 1.86. The van der Waals surface area contributed by atoms with Crippen LogP contribution in [0.5, 0.6) is 0 Å². The molecule has 0 saturated heterocycles. The molecule has 2 aromatic heterocycles. The first-order valence-electron chi connectivity index (χ1n) is 6.16. The minimum absolute atomic E-state index is 0.901. The van der Waals surface area contributed by atoms with E-state index in [9.17, 15) is 0 Å². The van der Waals surface area contributed by atoms with Gasteiger partial charge in [0, 0.05) is 24.8 Å². The van der Waals surface area contributed by atoms with E-state index >= 15 is 0 Å². The first-order chi connectivity index (χ1) is 9.42. The maximum Gasteiger partial charge on any atom is 0.0554 e. The van der Waals surface area contributed by atoms with E-state index in [0.717, 1.165) is 12.0 Å². The van der Waals surface area contributed by atoms with Crippen LogP contribution in [0.1, 0.15) is 6.42 Å². The van der Waals surface area contributed by atoms with Crippen molar-refractivity contribution >= 4 is 12.4 Å². The Labute approximate surface area is 111 Å². The summed E-state index contributed by atoms with van der Waals surface area (Å²) in [5, 5.41) is 8.73. The van der Waals surface area contributed by atoms with E-state index in [4.69, 9.17) is 0 Å². The highest BCUT2D eigenvalue weighted by Crippen LogP contribution is 2.15. The fraction of sp³-hybridized carbons (Fsp3) is 0.0667. The second-order valence-corrected chi connectivity index (χ2v) is 4.20. The molecule has 0 amide bonds. The highest BCUT2D eigenvalue weighted by atomic mass is 15.3. The van der Waals surface area contributed by atoms with Crippen LogP contribution in [-0.4, -0.2) is 21.8 Å². The fourth-order valence-electron chi connectivity index (χ4n) is 1.86. The molecule has 19 heavy (non-hydrogen) atoms. The molecule has 1 aliphatic rings. The van der Waals surface area contributed by atoms with Gasteiger partial charge < -0.3 is 0 Å². The quantitative estimate of drug-likeness (QED) is 0.748. The number of hydrogen-bond acceptors (Lipinski definition) is 2. The largest absolute Gasteiger partial charge is 0.248 e. The van der Waals surface area contributed by atoms with Crippen molar-refractivity contribution in [3.05, 3.63) is 72.4 Å². The number of allylic oxidation sites excluding steroid dienone is 4. The minimum Gasteiger partial charge on any atom is -0.248 e. The molecule has 2 aromatic rings. The maximum atomic E-state index is 4.37. The van der Waals surface area contributed by atoms with Crippen molar-refractivity contribution in [3.8, 4) is 0 Å². The third-order valence-corrected chi connectivity index (χ3v) is 2.86. The Balaban J connectivity index is 1.77. The molecule has 0 spiro atoms. The van der Waals surface area contributed by atoms with Crippen LogP contribution in [0.2, 0.25) is 0 Å². The molecule has 4 nitrogen and oxygen atoms in total. The molecule has 1 aliphatic carbocycles. The average molecular weight is 250 g/mol. The van der Waals surface area contributed by atoms with Gasteiger partial charge in [-0.2, -0.15) is 10.2 Å². The smallest absolute Gasteiger partial charge is 0.0554 e. The van der Waals surface area contributed by atoms with Gasteiger partial charge in [-0.25, -0.2) is 9.35 Å². The Morgan fingerprint density at radius 3 is 2.05 bits per heavy atom. The first kappa shape index (κ1) is 11.5. The van der Waals surface area contributed by atoms with Crippen LogP contribution in [0, 0.1) is 0 Å². The lowest BCUT2D eigenvalue weighted by atomic mass is 10.2. The molecule has 0 saturated carbocycles. The molecule has 94 valence electrons. The Hall–Kier alpha value is -2.62. The summed E-state index contributed by atoms with van der Waals surface area (Å²) in [5.74, 6) is 0. The van der Waals surface area contributed by atoms with Gasteiger partial charge >= 0.3 is 0 Å². The molecule has 3 rings (SSSR count). The topological polar surface area (TPSA) is 34.6 Å². The summed E-state index contributed by atoms with van der Waals surface area (Å²) in [4.78, 5) is 0. The van der Waals surface area contributed by atoms with Gasteiger partial charge in [0.05, 0.1) is 12.4 Å². The van der Waals surface area contributed by atoms with E-state index in [1.54, 1.807) is 9.35 Å². The van der Waals surface area contributed by atoms with Crippen LogP contribution in [0.15, 0.2) is 82.6 Å². The summed E-state index contributed by atoms with van der Waals surface area (Å²) in [5.41, 5.74) is 2.27. The maximum absolute atomic E-state index is 4.37. The van der Waals surface area contributed by atoms with Crippen LogP contribution in [0.4, 0.5) is 0 Å². The Morgan fingerprint density at radius 2 is 1.42 bits per heavy atom. The number of nitrogens with zero attached hydrogens (tertiary/aromatic N) is 4. The summed E-state index contributed by atoms with van der Waals surface area (Å²) in [7, 11) is 0. The van der Waals surface area contributed by atoms with Crippen LogP contribution in [0.3, 0.4) is 0 Å². The van der Waals surface area contributed by atoms with E-state index in [0.29, 0.717) is 0 Å². The molecule has 0 fully saturated rings. The normalized spacial score (nSPS) is 15.4. The van der Waals surface area contributed by atoms with E-state index in [2.05, 4.69) is 22.4 Å². The SMILES string of the molecule is C1=CC(/C=N/n2cccc2)=C(/C=N/n2cccc2)C1. The summed E-state index contributed by atoms with van der Waals surface area (Å²) >= 11 is 0. The molecule has 0 aliphatic heterocycles. The zero-order chi connectivity index (χ0) is 12.9. The van der Waals surface area contributed by atoms with Gasteiger partial charge in [0.2, 0.25) is 0 Å². The van der Waals surface area contributed by atoms with Crippen LogP contribution >= 0.6 is 0 Å². The Morgan fingerprint density at radius 1 is 0.842 bits per heavy atom. The van der Waals surface area contributed by atoms with E-state index in [1.165, 1.54) is 5.57 Å². The van der Waals surface area contributed by atoms with E-state index in [1.807, 2.05) is 61.5 Å². The van der Waals surface area contributed by atoms with Gasteiger partial charge in [-0.3, -0.25) is 0 Å². The molecule has 4 heteroatoms. The van der Waals surface area contributed by atoms with Crippen molar-refractivity contribution in [2.45, 2.75) is 6.42 Å². The van der Waals surface area contributed by atoms with Crippen molar-refractivity contribution in [2.24, 2.45) is 10.2 Å². The van der Waals surface area contributed by atoms with Crippen molar-refractivity contribution in [3.63, 3.8) is 0 Å². The van der Waals surface area contributed by atoms with Gasteiger partial charge in [-0.1, -0.05) is 12.2 Å². The first-order valence-corrected chi connectivity index (χ1v) is 6.16. The van der Waals surface area contributed by atoms with E-state index < -0.39 is 0 Å². The second-order valence-electron chi connectivity index (χ2n) is 4.20. The minimum atomic E-state index is 0.901. The molecule has 0 unspecified atom stereocenters. The molecular weight excluding hydrogens is 236 g/mol. The molecule has 0 aromatic carbocycles. The summed E-state index contributed by atoms with van der Waals surface area (Å²) in [6, 6.07) is 7.80. The number of aromatic nitrogens is 2. The predicted molar refractivity (Wildman–Crippen MR) is 77.4 cm³/mol. The lowest BCUT2D eigenvalue weighted by molar-refractivity contribution is 0.892. The van der Waals surface area contributed by atoms with E-state index in [-0.39, 0.29) is 0 Å². The molecule has 0 atom stereocenters. The lowest BCUT2D eigenvalue weighted by Gasteiger charge is -1.97. The van der Waals surface area contributed by atoms with Crippen LogP contribution in [0.25, 0.3) is 0 Å². The summed E-state index contributed by atoms with van der Waals surface area (Å²) in [6.07, 6.45) is 16.5. The zero-order valence-electron chi connectivity index (χ0n) is 10.4. The van der Waals surface area contributed by atoms with Gasteiger partial charge in [0.15, 0.2) is 0 Å². The van der Waals surface area contributed by atoms with Crippen LogP contribution < -0.4 is 0 Å². The van der Waals surface area contributed by atoms with Crippen molar-refractivity contribution in [1.29, 1.82) is 0 Å². The number of hydrogen-bond donors (Lipinski definition) is 0. The van der Waals surface area contributed by atoms with Crippen LogP contribution in [-0.2, 0) is 0 Å². The molecule has 0 bridgehead atoms. The molecule has 0 N–H and O–H groups in total. The molecule has 2 heterocycles. The highest BCUT2D eigenvalue weighted by molar-refractivity contribution is 5.95. The highest BCUT2D eigenvalue weighted by Gasteiger charge is 2.04. The Kier molecular flexibility index (Phi) is 3.23. The lowest BCUT2D eigenvalue weighted by Crippen LogP contribution is -1.92. The van der Waals surface area contributed by atoms with Crippen molar-refractivity contribution in [2.75, 3.05) is 0 Å². The molecule has 0 radical (unpaired) electrons. The van der Waals surface area contributed by atoms with Gasteiger partial charge in [0.1, 0.15) is 0 Å². The zero-order valence-corrected chi connectivity index (χ0v) is 10.4. The van der Waals surface area contributed by atoms with Gasteiger partial charge in [-0.05, 0) is 41.8 Å². The predicted octanol–water partition coefficient (Wildman–Crippen LogP) is 2.91. The standard InChI is InChI=1S/C15H14N4/c1-2-9-18(8-1)16-12-14-6-5-7-15(14)13-17-19-10-3-4-11-19/h1-6,8-13H,7H2/b16-12+,17-13+. The number of rotatable bonds is 4. The van der Waals surface area contributed by atoms with Crippen molar-refractivity contribution < 1.29 is 0 Å². The third-order valence-electron chi connectivity index (χ3n) is 2.86. The summed E-state index contributed by atoms with van der Waals surface area (Å²) in [6.45, 7) is 0. The molecular formula is C15H14N4. The van der Waals surface area contributed by atoms with Gasteiger partial charge in [0.25, 0.3) is 0 Å². The Bertz CT molecular complexity index is 640. The summed E-state index contributed by atoms with van der Waals surface area (Å²) < 4.78 is 3.56. The third kappa shape index (κ3) is 2.80.